The van der Waals surface area contributed by atoms with E-state index in [4.69, 9.17) is 4.74 Å². The molecule has 0 fully saturated rings. The molecule has 3 rings (SSSR count). The van der Waals surface area contributed by atoms with Crippen LogP contribution in [0.5, 0.6) is 5.75 Å². The number of benzene rings is 2. The summed E-state index contributed by atoms with van der Waals surface area (Å²) in [6, 6.07) is 16.5. The van der Waals surface area contributed by atoms with Crippen LogP contribution in [0.1, 0.15) is 36.6 Å². The van der Waals surface area contributed by atoms with Crippen LogP contribution in [0.2, 0.25) is 0 Å². The fraction of sp³-hybridized carbons (Fsp3) is 0.350. The molecule has 2 aromatic carbocycles. The maximum Gasteiger partial charge on any atom is 0.225 e. The lowest BCUT2D eigenvalue weighted by Gasteiger charge is -2.39. The molecular formula is C20H23NO2. The molecule has 0 bridgehead atoms. The van der Waals surface area contributed by atoms with Gasteiger partial charge in [0.05, 0.1) is 13.2 Å². The lowest BCUT2D eigenvalue weighted by Crippen LogP contribution is -2.42. The summed E-state index contributed by atoms with van der Waals surface area (Å²) in [6.45, 7) is 4.68. The second-order valence-electron chi connectivity index (χ2n) is 6.31. The van der Waals surface area contributed by atoms with E-state index >= 15 is 0 Å². The zero-order chi connectivity index (χ0) is 16.4. The third kappa shape index (κ3) is 2.96. The molecule has 0 N–H and O–H groups in total. The number of hydrogen-bond donors (Lipinski definition) is 0. The van der Waals surface area contributed by atoms with Gasteiger partial charge in [-0.25, -0.2) is 0 Å². The van der Waals surface area contributed by atoms with Crippen LogP contribution >= 0.6 is 0 Å². The van der Waals surface area contributed by atoms with Crippen molar-refractivity contribution in [3.05, 3.63) is 65.2 Å². The summed E-state index contributed by atoms with van der Waals surface area (Å²) >= 11 is 0. The third-order valence-electron chi connectivity index (χ3n) is 4.47. The van der Waals surface area contributed by atoms with Gasteiger partial charge in [-0.15, -0.1) is 0 Å². The van der Waals surface area contributed by atoms with Crippen LogP contribution < -0.4 is 4.74 Å². The Kier molecular flexibility index (Phi) is 4.37. The van der Waals surface area contributed by atoms with E-state index in [2.05, 4.69) is 24.3 Å². The molecule has 120 valence electrons. The van der Waals surface area contributed by atoms with Crippen LogP contribution in [0.3, 0.4) is 0 Å². The number of amides is 1. The molecule has 1 amide bonds. The van der Waals surface area contributed by atoms with Crippen molar-refractivity contribution in [3.63, 3.8) is 0 Å². The largest absolute Gasteiger partial charge is 0.497 e. The second kappa shape index (κ2) is 6.45. The number of hydrogen-bond acceptors (Lipinski definition) is 2. The van der Waals surface area contributed by atoms with Gasteiger partial charge in [-0.2, -0.15) is 0 Å². The highest BCUT2D eigenvalue weighted by atomic mass is 16.5. The first kappa shape index (κ1) is 15.6. The molecule has 1 heterocycles. The maximum absolute atomic E-state index is 12.7. The predicted molar refractivity (Wildman–Crippen MR) is 91.5 cm³/mol. The van der Waals surface area contributed by atoms with Gasteiger partial charge in [-0.1, -0.05) is 50.2 Å². The quantitative estimate of drug-likeness (QED) is 0.862. The normalized spacial score (nSPS) is 17.0. The average Bonchev–Trinajstić information content (AvgIpc) is 2.60. The molecule has 23 heavy (non-hydrogen) atoms. The van der Waals surface area contributed by atoms with Gasteiger partial charge in [0, 0.05) is 12.5 Å². The number of carbonyl (C=O) groups is 1. The fourth-order valence-corrected chi connectivity index (χ4v) is 3.29. The van der Waals surface area contributed by atoms with Crippen molar-refractivity contribution in [2.45, 2.75) is 26.3 Å². The SMILES string of the molecule is COc1ccc2c(c1)CCN(C(=O)C(C)C)C2c1ccccc1. The molecule has 1 unspecified atom stereocenters. The smallest absolute Gasteiger partial charge is 0.225 e. The molecule has 1 aliphatic rings. The van der Waals surface area contributed by atoms with E-state index in [1.54, 1.807) is 7.11 Å². The number of carbonyl (C=O) groups excluding carboxylic acids is 1. The lowest BCUT2D eigenvalue weighted by molar-refractivity contribution is -0.136. The van der Waals surface area contributed by atoms with Gasteiger partial charge >= 0.3 is 0 Å². The third-order valence-corrected chi connectivity index (χ3v) is 4.47. The number of ether oxygens (including phenoxy) is 1. The van der Waals surface area contributed by atoms with Gasteiger partial charge in [0.25, 0.3) is 0 Å². The first-order valence-corrected chi connectivity index (χ1v) is 8.14. The Morgan fingerprint density at radius 1 is 1.17 bits per heavy atom. The Balaban J connectivity index is 2.09. The van der Waals surface area contributed by atoms with Crippen molar-refractivity contribution in [2.24, 2.45) is 5.92 Å². The zero-order valence-electron chi connectivity index (χ0n) is 14.0. The van der Waals surface area contributed by atoms with Gasteiger partial charge in [-0.05, 0) is 35.2 Å². The van der Waals surface area contributed by atoms with Crippen LogP contribution in [0.4, 0.5) is 0 Å². The summed E-state index contributed by atoms with van der Waals surface area (Å²) in [5.74, 6) is 1.08. The number of rotatable bonds is 3. The minimum absolute atomic E-state index is 0.000936. The van der Waals surface area contributed by atoms with E-state index in [-0.39, 0.29) is 17.9 Å². The molecule has 0 spiro atoms. The maximum atomic E-state index is 12.7. The summed E-state index contributed by atoms with van der Waals surface area (Å²) in [4.78, 5) is 14.7. The van der Waals surface area contributed by atoms with Crippen LogP contribution in [0, 0.1) is 5.92 Å². The molecule has 3 nitrogen and oxygen atoms in total. The van der Waals surface area contributed by atoms with E-state index in [9.17, 15) is 4.79 Å². The standard InChI is InChI=1S/C20H23NO2/c1-14(2)20(22)21-12-11-16-13-17(23-3)9-10-18(16)19(21)15-7-5-4-6-8-15/h4-10,13-14,19H,11-12H2,1-3H3. The zero-order valence-corrected chi connectivity index (χ0v) is 14.0. The summed E-state index contributed by atoms with van der Waals surface area (Å²) in [5.41, 5.74) is 3.64. The monoisotopic (exact) mass is 309 g/mol. The van der Waals surface area contributed by atoms with Crippen LogP contribution in [0.15, 0.2) is 48.5 Å². The molecule has 3 heteroatoms. The van der Waals surface area contributed by atoms with Crippen molar-refractivity contribution in [1.29, 1.82) is 0 Å². The Morgan fingerprint density at radius 3 is 2.57 bits per heavy atom. The second-order valence-corrected chi connectivity index (χ2v) is 6.31. The first-order valence-electron chi connectivity index (χ1n) is 8.14. The van der Waals surface area contributed by atoms with Crippen molar-refractivity contribution < 1.29 is 9.53 Å². The fourth-order valence-electron chi connectivity index (χ4n) is 3.29. The molecule has 0 aliphatic carbocycles. The van der Waals surface area contributed by atoms with Crippen LogP contribution in [0.25, 0.3) is 0 Å². The highest BCUT2D eigenvalue weighted by Gasteiger charge is 2.32. The molecule has 1 aliphatic heterocycles. The molecule has 0 radical (unpaired) electrons. The van der Waals surface area contributed by atoms with Crippen molar-refractivity contribution in [3.8, 4) is 5.75 Å². The Bertz CT molecular complexity index is 694. The minimum atomic E-state index is -0.0132. The van der Waals surface area contributed by atoms with Crippen LogP contribution in [-0.4, -0.2) is 24.5 Å². The van der Waals surface area contributed by atoms with Gasteiger partial charge in [-0.3, -0.25) is 4.79 Å². The van der Waals surface area contributed by atoms with Gasteiger partial charge in [0.1, 0.15) is 5.75 Å². The Hall–Kier alpha value is -2.29. The average molecular weight is 309 g/mol. The topological polar surface area (TPSA) is 29.5 Å². The highest BCUT2D eigenvalue weighted by Crippen LogP contribution is 2.37. The Labute approximate surface area is 137 Å². The summed E-state index contributed by atoms with van der Waals surface area (Å²) < 4.78 is 5.35. The van der Waals surface area contributed by atoms with Crippen LogP contribution in [-0.2, 0) is 11.2 Å². The summed E-state index contributed by atoms with van der Waals surface area (Å²) in [6.07, 6.45) is 0.869. The predicted octanol–water partition coefficient (Wildman–Crippen LogP) is 3.83. The Morgan fingerprint density at radius 2 is 1.91 bits per heavy atom. The lowest BCUT2D eigenvalue weighted by atomic mass is 9.87. The summed E-state index contributed by atoms with van der Waals surface area (Å²) in [5, 5.41) is 0. The first-order chi connectivity index (χ1) is 11.1. The van der Waals surface area contributed by atoms with Gasteiger partial charge in [0.15, 0.2) is 0 Å². The van der Waals surface area contributed by atoms with Crippen molar-refractivity contribution in [2.75, 3.05) is 13.7 Å². The molecular weight excluding hydrogens is 286 g/mol. The van der Waals surface area contributed by atoms with Gasteiger partial charge in [0.2, 0.25) is 5.91 Å². The number of fused-ring (bicyclic) bond motifs is 1. The molecule has 0 saturated heterocycles. The van der Waals surface area contributed by atoms with E-state index in [0.717, 1.165) is 24.3 Å². The number of nitrogens with zero attached hydrogens (tertiary/aromatic N) is 1. The molecule has 2 aromatic rings. The van der Waals surface area contributed by atoms with E-state index in [1.165, 1.54) is 11.1 Å². The van der Waals surface area contributed by atoms with E-state index in [1.807, 2.05) is 43.0 Å². The minimum Gasteiger partial charge on any atom is -0.497 e. The molecule has 0 saturated carbocycles. The highest BCUT2D eigenvalue weighted by molar-refractivity contribution is 5.79. The van der Waals surface area contributed by atoms with E-state index < -0.39 is 0 Å². The number of methoxy groups -OCH3 is 1. The van der Waals surface area contributed by atoms with Gasteiger partial charge < -0.3 is 9.64 Å². The summed E-state index contributed by atoms with van der Waals surface area (Å²) in [7, 11) is 1.69. The molecule has 0 aromatic heterocycles. The van der Waals surface area contributed by atoms with E-state index in [0.29, 0.717) is 0 Å². The molecule has 1 atom stereocenters. The van der Waals surface area contributed by atoms with Crippen molar-refractivity contribution >= 4 is 5.91 Å². The van der Waals surface area contributed by atoms with Crippen molar-refractivity contribution in [1.82, 2.24) is 4.90 Å².